The first-order valence-electron chi connectivity index (χ1n) is 9.41. The summed E-state index contributed by atoms with van der Waals surface area (Å²) < 4.78 is 5.25. The number of rotatable bonds is 6. The molecule has 142 valence electrons. The van der Waals surface area contributed by atoms with Crippen molar-refractivity contribution in [3.8, 4) is 5.75 Å². The number of H-pyrrole nitrogens is 1. The molecule has 1 aromatic heterocycles. The van der Waals surface area contributed by atoms with Crippen LogP contribution in [0.2, 0.25) is 5.02 Å². The van der Waals surface area contributed by atoms with Gasteiger partial charge in [-0.1, -0.05) is 23.7 Å². The molecular formula is C21H23ClN2O3. The third-order valence-electron chi connectivity index (χ3n) is 5.54. The molecule has 1 aromatic carbocycles. The Kier molecular flexibility index (Phi) is 4.96. The van der Waals surface area contributed by atoms with Crippen LogP contribution in [0.5, 0.6) is 5.75 Å². The Hall–Kier alpha value is -2.27. The van der Waals surface area contributed by atoms with Gasteiger partial charge in [-0.25, -0.2) is 0 Å². The van der Waals surface area contributed by atoms with Crippen molar-refractivity contribution in [1.29, 1.82) is 0 Å². The Morgan fingerprint density at radius 1 is 1.19 bits per heavy atom. The maximum atomic E-state index is 12.5. The SMILES string of the molecule is COc1ccc(C(C[C@H]2CCC(=O)N2)c2ccc(C3CC3)c(=O)[nH]2)cc1Cl. The molecule has 2 fully saturated rings. The van der Waals surface area contributed by atoms with Gasteiger partial charge in [-0.3, -0.25) is 9.59 Å². The third kappa shape index (κ3) is 3.88. The van der Waals surface area contributed by atoms with Gasteiger partial charge in [0.25, 0.3) is 5.56 Å². The second-order valence-electron chi connectivity index (χ2n) is 7.46. The molecule has 0 radical (unpaired) electrons. The van der Waals surface area contributed by atoms with Crippen LogP contribution >= 0.6 is 11.6 Å². The van der Waals surface area contributed by atoms with Crippen LogP contribution in [0.25, 0.3) is 0 Å². The number of amides is 1. The number of pyridine rings is 1. The highest BCUT2D eigenvalue weighted by molar-refractivity contribution is 6.32. The van der Waals surface area contributed by atoms with E-state index in [9.17, 15) is 9.59 Å². The smallest absolute Gasteiger partial charge is 0.251 e. The van der Waals surface area contributed by atoms with Crippen molar-refractivity contribution < 1.29 is 9.53 Å². The van der Waals surface area contributed by atoms with Crippen LogP contribution < -0.4 is 15.6 Å². The van der Waals surface area contributed by atoms with E-state index in [1.165, 1.54) is 0 Å². The molecule has 5 nitrogen and oxygen atoms in total. The maximum Gasteiger partial charge on any atom is 0.251 e. The molecule has 1 aliphatic heterocycles. The molecule has 2 aromatic rings. The molecule has 0 bridgehead atoms. The van der Waals surface area contributed by atoms with Crippen molar-refractivity contribution in [2.45, 2.75) is 50.0 Å². The summed E-state index contributed by atoms with van der Waals surface area (Å²) in [6.45, 7) is 0. The van der Waals surface area contributed by atoms with E-state index in [0.717, 1.165) is 36.1 Å². The Bertz CT molecular complexity index is 920. The number of carbonyl (C=O) groups is 1. The molecule has 1 aliphatic carbocycles. The number of hydrogen-bond acceptors (Lipinski definition) is 3. The van der Waals surface area contributed by atoms with Crippen LogP contribution in [0.4, 0.5) is 0 Å². The van der Waals surface area contributed by atoms with Crippen LogP contribution in [0.3, 0.4) is 0 Å². The zero-order valence-corrected chi connectivity index (χ0v) is 16.0. The standard InChI is InChI=1S/C21H23ClN2O3/c1-27-19-8-4-13(10-17(19)22)16(11-14-5-9-20(25)23-14)18-7-6-15(12-2-3-12)21(26)24-18/h4,6-8,10,12,14,16H,2-3,5,9,11H2,1H3,(H,23,25)(H,24,26)/t14-,16?/m1/s1. The van der Waals surface area contributed by atoms with Crippen molar-refractivity contribution >= 4 is 17.5 Å². The summed E-state index contributed by atoms with van der Waals surface area (Å²) in [4.78, 5) is 27.2. The second-order valence-corrected chi connectivity index (χ2v) is 7.86. The van der Waals surface area contributed by atoms with Gasteiger partial charge >= 0.3 is 0 Å². The fourth-order valence-corrected chi connectivity index (χ4v) is 4.17. The van der Waals surface area contributed by atoms with Crippen LogP contribution in [-0.4, -0.2) is 24.0 Å². The molecule has 2 aliphatic rings. The van der Waals surface area contributed by atoms with Crippen molar-refractivity contribution in [3.05, 3.63) is 62.5 Å². The van der Waals surface area contributed by atoms with Gasteiger partial charge in [0.05, 0.1) is 12.1 Å². The molecule has 2 N–H and O–H groups in total. The van der Waals surface area contributed by atoms with E-state index in [0.29, 0.717) is 29.5 Å². The van der Waals surface area contributed by atoms with Crippen LogP contribution in [-0.2, 0) is 4.79 Å². The number of halogens is 1. The largest absolute Gasteiger partial charge is 0.495 e. The fraction of sp³-hybridized carbons (Fsp3) is 0.429. The Balaban J connectivity index is 1.69. The molecule has 2 atom stereocenters. The highest BCUT2D eigenvalue weighted by atomic mass is 35.5. The monoisotopic (exact) mass is 386 g/mol. The van der Waals surface area contributed by atoms with Gasteiger partial charge in [0, 0.05) is 29.6 Å². The Morgan fingerprint density at radius 3 is 2.59 bits per heavy atom. The molecule has 1 amide bonds. The predicted molar refractivity (Wildman–Crippen MR) is 105 cm³/mol. The first kappa shape index (κ1) is 18.1. The topological polar surface area (TPSA) is 71.2 Å². The predicted octanol–water partition coefficient (Wildman–Crippen LogP) is 3.71. The molecule has 27 heavy (non-hydrogen) atoms. The highest BCUT2D eigenvalue weighted by Gasteiger charge is 2.29. The van der Waals surface area contributed by atoms with Gasteiger partial charge in [0.2, 0.25) is 5.91 Å². The summed E-state index contributed by atoms with van der Waals surface area (Å²) in [7, 11) is 1.58. The lowest BCUT2D eigenvalue weighted by atomic mass is 9.88. The molecular weight excluding hydrogens is 364 g/mol. The average Bonchev–Trinajstić information content (AvgIpc) is 3.41. The number of nitrogens with one attached hydrogen (secondary N) is 2. The van der Waals surface area contributed by atoms with E-state index in [-0.39, 0.29) is 23.4 Å². The number of aromatic amines is 1. The molecule has 0 spiro atoms. The normalized spacial score (nSPS) is 20.4. The summed E-state index contributed by atoms with van der Waals surface area (Å²) in [5.74, 6) is 1.05. The van der Waals surface area contributed by atoms with Crippen LogP contribution in [0, 0.1) is 0 Å². The van der Waals surface area contributed by atoms with Crippen LogP contribution in [0.1, 0.15) is 60.8 Å². The average molecular weight is 387 g/mol. The van der Waals surface area contributed by atoms with Crippen molar-refractivity contribution in [2.24, 2.45) is 0 Å². The summed E-state index contributed by atoms with van der Waals surface area (Å²) >= 11 is 6.34. The molecule has 1 unspecified atom stereocenters. The fourth-order valence-electron chi connectivity index (χ4n) is 3.90. The van der Waals surface area contributed by atoms with Gasteiger partial charge in [-0.15, -0.1) is 0 Å². The quantitative estimate of drug-likeness (QED) is 0.794. The maximum absolute atomic E-state index is 12.5. The summed E-state index contributed by atoms with van der Waals surface area (Å²) in [5.41, 5.74) is 2.72. The first-order valence-corrected chi connectivity index (χ1v) is 9.79. The van der Waals surface area contributed by atoms with Crippen molar-refractivity contribution in [2.75, 3.05) is 7.11 Å². The lowest BCUT2D eigenvalue weighted by Crippen LogP contribution is -2.28. The third-order valence-corrected chi connectivity index (χ3v) is 5.83. The summed E-state index contributed by atoms with van der Waals surface area (Å²) in [5, 5.41) is 3.56. The van der Waals surface area contributed by atoms with E-state index in [1.54, 1.807) is 7.11 Å². The van der Waals surface area contributed by atoms with E-state index in [1.807, 2.05) is 30.3 Å². The minimum atomic E-state index is -0.0576. The number of ether oxygens (including phenoxy) is 1. The van der Waals surface area contributed by atoms with Gasteiger partial charge < -0.3 is 15.0 Å². The summed E-state index contributed by atoms with van der Waals surface area (Å²) in [6.07, 6.45) is 4.26. The Morgan fingerprint density at radius 2 is 2.00 bits per heavy atom. The van der Waals surface area contributed by atoms with E-state index in [2.05, 4.69) is 10.3 Å². The van der Waals surface area contributed by atoms with Crippen molar-refractivity contribution in [3.63, 3.8) is 0 Å². The van der Waals surface area contributed by atoms with E-state index in [4.69, 9.17) is 16.3 Å². The molecule has 6 heteroatoms. The number of benzene rings is 1. The molecule has 2 heterocycles. The van der Waals surface area contributed by atoms with E-state index >= 15 is 0 Å². The number of methoxy groups -OCH3 is 1. The lowest BCUT2D eigenvalue weighted by Gasteiger charge is -2.22. The van der Waals surface area contributed by atoms with Gasteiger partial charge in [0.1, 0.15) is 5.75 Å². The van der Waals surface area contributed by atoms with Gasteiger partial charge in [0.15, 0.2) is 0 Å². The Labute approximate surface area is 163 Å². The number of aromatic nitrogens is 1. The highest BCUT2D eigenvalue weighted by Crippen LogP contribution is 2.39. The molecule has 4 rings (SSSR count). The number of carbonyl (C=O) groups excluding carboxylic acids is 1. The molecule has 1 saturated heterocycles. The minimum Gasteiger partial charge on any atom is -0.495 e. The van der Waals surface area contributed by atoms with Gasteiger partial charge in [-0.05, 0) is 55.4 Å². The lowest BCUT2D eigenvalue weighted by molar-refractivity contribution is -0.119. The molecule has 1 saturated carbocycles. The van der Waals surface area contributed by atoms with Gasteiger partial charge in [-0.2, -0.15) is 0 Å². The zero-order valence-electron chi connectivity index (χ0n) is 15.3. The number of hydrogen-bond donors (Lipinski definition) is 2. The van der Waals surface area contributed by atoms with E-state index < -0.39 is 0 Å². The summed E-state index contributed by atoms with van der Waals surface area (Å²) in [6, 6.07) is 9.75. The zero-order chi connectivity index (χ0) is 19.0. The van der Waals surface area contributed by atoms with Crippen LogP contribution in [0.15, 0.2) is 35.1 Å². The second kappa shape index (κ2) is 7.39. The minimum absolute atomic E-state index is 0.00457. The van der Waals surface area contributed by atoms with Crippen molar-refractivity contribution in [1.82, 2.24) is 10.3 Å². The first-order chi connectivity index (χ1) is 13.0.